The summed E-state index contributed by atoms with van der Waals surface area (Å²) in [6.07, 6.45) is 4.13. The van der Waals surface area contributed by atoms with E-state index in [4.69, 9.17) is 9.47 Å². The summed E-state index contributed by atoms with van der Waals surface area (Å²) in [6, 6.07) is 5.86. The van der Waals surface area contributed by atoms with Crippen molar-refractivity contribution in [2.75, 3.05) is 38.7 Å². The zero-order valence-corrected chi connectivity index (χ0v) is 14.2. The van der Waals surface area contributed by atoms with Gasteiger partial charge in [-0.05, 0) is 51.4 Å². The minimum absolute atomic E-state index is 0.244. The molecule has 0 aromatic heterocycles. The highest BCUT2D eigenvalue weighted by Crippen LogP contribution is 2.26. The first-order valence-electron chi connectivity index (χ1n) is 8.68. The van der Waals surface area contributed by atoms with Gasteiger partial charge >= 0.3 is 5.97 Å². The number of ether oxygens (including phenoxy) is 2. The minimum Gasteiger partial charge on any atom is -0.492 e. The first kappa shape index (κ1) is 17.0. The molecule has 6 nitrogen and oxygen atoms in total. The Morgan fingerprint density at radius 1 is 1.38 bits per heavy atom. The quantitative estimate of drug-likeness (QED) is 0.833. The molecule has 24 heavy (non-hydrogen) atoms. The predicted octanol–water partition coefficient (Wildman–Crippen LogP) is 2.45. The molecule has 6 heteroatoms. The van der Waals surface area contributed by atoms with E-state index in [1.807, 2.05) is 6.07 Å². The number of nitrogens with one attached hydrogen (secondary N) is 1. The third-order valence-corrected chi connectivity index (χ3v) is 4.92. The van der Waals surface area contributed by atoms with Crippen molar-refractivity contribution >= 4 is 11.7 Å². The van der Waals surface area contributed by atoms with E-state index in [2.05, 4.69) is 17.3 Å². The van der Waals surface area contributed by atoms with Crippen LogP contribution >= 0.6 is 0 Å². The smallest absolute Gasteiger partial charge is 0.337 e. The number of nitrogens with zero attached hydrogens (tertiary/aromatic N) is 1. The van der Waals surface area contributed by atoms with Gasteiger partial charge in [0.25, 0.3) is 0 Å². The molecule has 2 fully saturated rings. The van der Waals surface area contributed by atoms with E-state index < -0.39 is 5.97 Å². The van der Waals surface area contributed by atoms with E-state index in [0.717, 1.165) is 31.6 Å². The maximum atomic E-state index is 11.5. The van der Waals surface area contributed by atoms with E-state index in [9.17, 15) is 9.90 Å². The fraction of sp³-hybridized carbons (Fsp3) is 0.611. The van der Waals surface area contributed by atoms with Gasteiger partial charge < -0.3 is 24.8 Å². The number of carboxylic acids is 1. The largest absolute Gasteiger partial charge is 0.492 e. The van der Waals surface area contributed by atoms with E-state index in [0.29, 0.717) is 31.5 Å². The summed E-state index contributed by atoms with van der Waals surface area (Å²) in [4.78, 5) is 13.8. The van der Waals surface area contributed by atoms with Gasteiger partial charge in [0.15, 0.2) is 0 Å². The minimum atomic E-state index is -0.924. The first-order valence-corrected chi connectivity index (χ1v) is 8.68. The topological polar surface area (TPSA) is 71.0 Å². The zero-order chi connectivity index (χ0) is 16.9. The van der Waals surface area contributed by atoms with Gasteiger partial charge in [-0.1, -0.05) is 0 Å². The van der Waals surface area contributed by atoms with Gasteiger partial charge in [-0.3, -0.25) is 0 Å². The SMILES string of the molecule is CN1CCC[C@H]1COc1ccc(C(=O)O)c(NC2CCOCC2)c1. The van der Waals surface area contributed by atoms with Crippen molar-refractivity contribution in [1.82, 2.24) is 4.90 Å². The number of aromatic carboxylic acids is 1. The second-order valence-corrected chi connectivity index (χ2v) is 6.63. The Kier molecular flexibility index (Phi) is 5.58. The average Bonchev–Trinajstić information content (AvgIpc) is 2.99. The molecule has 0 unspecified atom stereocenters. The van der Waals surface area contributed by atoms with Crippen LogP contribution in [0.25, 0.3) is 0 Å². The van der Waals surface area contributed by atoms with Crippen molar-refractivity contribution in [2.45, 2.75) is 37.8 Å². The second-order valence-electron chi connectivity index (χ2n) is 6.63. The van der Waals surface area contributed by atoms with Crippen LogP contribution in [-0.4, -0.2) is 61.5 Å². The van der Waals surface area contributed by atoms with Crippen molar-refractivity contribution in [3.8, 4) is 5.75 Å². The lowest BCUT2D eigenvalue weighted by atomic mass is 10.1. The van der Waals surface area contributed by atoms with Gasteiger partial charge in [0.05, 0.1) is 11.3 Å². The van der Waals surface area contributed by atoms with Crippen molar-refractivity contribution < 1.29 is 19.4 Å². The summed E-state index contributed by atoms with van der Waals surface area (Å²) in [6.45, 7) is 3.18. The van der Waals surface area contributed by atoms with Gasteiger partial charge in [0, 0.05) is 31.4 Å². The molecule has 1 aromatic rings. The standard InChI is InChI=1S/C18H26N2O4/c1-20-8-2-3-14(20)12-24-15-4-5-16(18(21)22)17(11-15)19-13-6-9-23-10-7-13/h4-5,11,13-14,19H,2-3,6-10,12H2,1H3,(H,21,22)/t14-/m0/s1. The van der Waals surface area contributed by atoms with Crippen LogP contribution in [0.5, 0.6) is 5.75 Å². The molecular weight excluding hydrogens is 308 g/mol. The van der Waals surface area contributed by atoms with Gasteiger partial charge in [0.1, 0.15) is 12.4 Å². The Bertz CT molecular complexity index is 572. The Morgan fingerprint density at radius 3 is 2.83 bits per heavy atom. The maximum absolute atomic E-state index is 11.5. The molecule has 2 aliphatic heterocycles. The highest BCUT2D eigenvalue weighted by molar-refractivity contribution is 5.94. The van der Waals surface area contributed by atoms with Crippen LogP contribution in [0.2, 0.25) is 0 Å². The molecule has 2 aliphatic rings. The van der Waals surface area contributed by atoms with Gasteiger partial charge in [-0.2, -0.15) is 0 Å². The highest BCUT2D eigenvalue weighted by atomic mass is 16.5. The number of hydrogen-bond acceptors (Lipinski definition) is 5. The van der Waals surface area contributed by atoms with E-state index >= 15 is 0 Å². The Hall–Kier alpha value is -1.79. The van der Waals surface area contributed by atoms with Crippen LogP contribution in [0.15, 0.2) is 18.2 Å². The Balaban J connectivity index is 1.68. The van der Waals surface area contributed by atoms with E-state index in [-0.39, 0.29) is 11.6 Å². The molecule has 2 heterocycles. The first-order chi connectivity index (χ1) is 11.6. The molecule has 0 aliphatic carbocycles. The van der Waals surface area contributed by atoms with Crippen molar-refractivity contribution in [1.29, 1.82) is 0 Å². The molecule has 1 atom stereocenters. The second kappa shape index (κ2) is 7.85. The lowest BCUT2D eigenvalue weighted by Gasteiger charge is -2.25. The highest BCUT2D eigenvalue weighted by Gasteiger charge is 2.22. The van der Waals surface area contributed by atoms with Crippen LogP contribution < -0.4 is 10.1 Å². The zero-order valence-electron chi connectivity index (χ0n) is 14.2. The summed E-state index contributed by atoms with van der Waals surface area (Å²) in [5, 5.41) is 12.8. The molecular formula is C18H26N2O4. The average molecular weight is 334 g/mol. The molecule has 0 spiro atoms. The summed E-state index contributed by atoms with van der Waals surface area (Å²) >= 11 is 0. The maximum Gasteiger partial charge on any atom is 0.337 e. The number of rotatable bonds is 6. The molecule has 2 saturated heterocycles. The lowest BCUT2D eigenvalue weighted by molar-refractivity contribution is 0.0697. The monoisotopic (exact) mass is 334 g/mol. The fourth-order valence-corrected chi connectivity index (χ4v) is 3.36. The van der Waals surface area contributed by atoms with Gasteiger partial charge in [0.2, 0.25) is 0 Å². The number of hydrogen-bond donors (Lipinski definition) is 2. The molecule has 0 bridgehead atoms. The van der Waals surface area contributed by atoms with E-state index in [1.165, 1.54) is 6.42 Å². The number of benzene rings is 1. The van der Waals surface area contributed by atoms with Gasteiger partial charge in [-0.25, -0.2) is 4.79 Å². The van der Waals surface area contributed by atoms with Gasteiger partial charge in [-0.15, -0.1) is 0 Å². The van der Waals surface area contributed by atoms with Crippen LogP contribution in [-0.2, 0) is 4.74 Å². The van der Waals surface area contributed by atoms with Crippen LogP contribution in [0.3, 0.4) is 0 Å². The molecule has 3 rings (SSSR count). The third-order valence-electron chi connectivity index (χ3n) is 4.92. The summed E-state index contributed by atoms with van der Waals surface area (Å²) in [5.41, 5.74) is 0.915. The normalized spacial score (nSPS) is 22.5. The van der Waals surface area contributed by atoms with Crippen molar-refractivity contribution in [2.24, 2.45) is 0 Å². The lowest BCUT2D eigenvalue weighted by Crippen LogP contribution is -2.30. The molecule has 132 valence electrons. The summed E-state index contributed by atoms with van der Waals surface area (Å²) in [7, 11) is 2.12. The summed E-state index contributed by atoms with van der Waals surface area (Å²) in [5.74, 6) is -0.207. The molecule has 0 saturated carbocycles. The van der Waals surface area contributed by atoms with Crippen LogP contribution in [0.1, 0.15) is 36.0 Å². The third kappa shape index (κ3) is 4.19. The summed E-state index contributed by atoms with van der Waals surface area (Å²) < 4.78 is 11.3. The van der Waals surface area contributed by atoms with Crippen LogP contribution in [0, 0.1) is 0 Å². The number of likely N-dealkylation sites (N-methyl/N-ethyl adjacent to an activating group) is 1. The fourth-order valence-electron chi connectivity index (χ4n) is 3.36. The number of carbonyl (C=O) groups is 1. The Labute approximate surface area is 142 Å². The van der Waals surface area contributed by atoms with Crippen LogP contribution in [0.4, 0.5) is 5.69 Å². The van der Waals surface area contributed by atoms with Crippen molar-refractivity contribution in [3.05, 3.63) is 23.8 Å². The van der Waals surface area contributed by atoms with E-state index in [1.54, 1.807) is 12.1 Å². The molecule has 0 amide bonds. The van der Waals surface area contributed by atoms with Crippen molar-refractivity contribution in [3.63, 3.8) is 0 Å². The number of carboxylic acid groups (broad SMARTS) is 1. The molecule has 1 aromatic carbocycles. The number of anilines is 1. The molecule has 0 radical (unpaired) electrons. The predicted molar refractivity (Wildman–Crippen MR) is 92.0 cm³/mol. The Morgan fingerprint density at radius 2 is 2.17 bits per heavy atom. The number of likely N-dealkylation sites (tertiary alicyclic amines) is 1. The molecule has 2 N–H and O–H groups in total.